The molecule has 95 heavy (non-hydrogen) atoms. The van der Waals surface area contributed by atoms with Gasteiger partial charge >= 0.3 is 102 Å². The molecule has 3 aliphatic heterocycles. The third kappa shape index (κ3) is 20.8. The monoisotopic (exact) mass is 1460 g/mol. The van der Waals surface area contributed by atoms with Gasteiger partial charge in [-0.2, -0.15) is 12.6 Å². The molecule has 16 nitrogen and oxygen atoms in total. The molecule has 0 bridgehead atoms. The fourth-order valence-electron chi connectivity index (χ4n) is 10.2. The van der Waals surface area contributed by atoms with Gasteiger partial charge in [0.25, 0.3) is 0 Å². The van der Waals surface area contributed by atoms with Crippen LogP contribution >= 0.6 is 43.1 Å². The third-order valence-corrected chi connectivity index (χ3v) is 19.7. The number of hydrogen-bond donors (Lipinski definition) is 0. The Hall–Kier alpha value is -4.05. The first-order valence-corrected chi connectivity index (χ1v) is 36.6. The summed E-state index contributed by atoms with van der Waals surface area (Å²) >= 11 is 0. The summed E-state index contributed by atoms with van der Waals surface area (Å²) in [4.78, 5) is -0.985. The third-order valence-electron chi connectivity index (χ3n) is 14.5. The summed E-state index contributed by atoms with van der Waals surface area (Å²) in [7, 11) is -21.3. The molecule has 13 rings (SSSR count). The van der Waals surface area contributed by atoms with Gasteiger partial charge in [-0.15, -0.1) is 8.39 Å². The van der Waals surface area contributed by atoms with E-state index in [0.717, 1.165) is 97.5 Å². The first-order valence-electron chi connectivity index (χ1n) is 28.5. The van der Waals surface area contributed by atoms with Gasteiger partial charge in [0.2, 0.25) is 0 Å². The van der Waals surface area contributed by atoms with E-state index >= 15 is 0 Å². The molecule has 0 N–H and O–H groups in total. The molecule has 30 heteroatoms. The van der Waals surface area contributed by atoms with Crippen molar-refractivity contribution in [3.63, 3.8) is 0 Å². The largest absolute Gasteiger partial charge is 1.00 e. The molecule has 9 aromatic carbocycles. The Bertz CT molecular complexity index is 4170. The molecular weight excluding hydrogens is 1400 g/mol. The van der Waals surface area contributed by atoms with Crippen molar-refractivity contribution >= 4 is 107 Å². The SMILES string of the molecule is CC(C)C1OP(F)OCC1(C)C.CC1(C)COP(F)OC1.FP1OC(c2ccccc2)C(c2ccccc2)(c2ccccc2)O1.Fp1oc2ccc3ccccc3c2c2c(ccc3ccccc32)o1.O=S(=O)([O-])c1ccc(OP(F)Oc2ccc(S(=O)(=O)[O-])cc2)cc1.[Na+].[Na+]. The average Bonchev–Trinajstić information content (AvgIpc) is 1.67. The minimum Gasteiger partial charge on any atom is -0.744 e. The molecule has 0 amide bonds. The molecule has 4 unspecified atom stereocenters. The van der Waals surface area contributed by atoms with Gasteiger partial charge in [0, 0.05) is 21.6 Å². The van der Waals surface area contributed by atoms with Crippen LogP contribution < -0.4 is 68.2 Å². The molecule has 492 valence electrons. The van der Waals surface area contributed by atoms with E-state index in [1.165, 1.54) is 0 Å². The van der Waals surface area contributed by atoms with Crippen LogP contribution in [0.5, 0.6) is 11.5 Å². The van der Waals surface area contributed by atoms with Crippen molar-refractivity contribution < 1.29 is 151 Å². The smallest absolute Gasteiger partial charge is 0.744 e. The minimum atomic E-state index is -4.61. The van der Waals surface area contributed by atoms with Gasteiger partial charge in [0.1, 0.15) is 49.0 Å². The summed E-state index contributed by atoms with van der Waals surface area (Å²) in [6.07, 6.45) is -0.568. The Morgan fingerprint density at radius 1 is 0.505 bits per heavy atom. The van der Waals surface area contributed by atoms with Gasteiger partial charge in [-0.25, -0.2) is 16.8 Å². The Morgan fingerprint density at radius 3 is 1.31 bits per heavy atom. The predicted octanol–water partition coefficient (Wildman–Crippen LogP) is 14.9. The van der Waals surface area contributed by atoms with E-state index in [1.54, 1.807) is 0 Å². The zero-order valence-corrected chi connectivity index (χ0v) is 62.6. The number of halogens is 5. The van der Waals surface area contributed by atoms with Crippen LogP contribution in [0.2, 0.25) is 0 Å². The summed E-state index contributed by atoms with van der Waals surface area (Å²) < 4.78 is 183. The van der Waals surface area contributed by atoms with Crippen molar-refractivity contribution in [3.8, 4) is 11.5 Å². The van der Waals surface area contributed by atoms with Gasteiger partial charge in [-0.1, -0.05) is 193 Å². The van der Waals surface area contributed by atoms with Gasteiger partial charge in [-0.3, -0.25) is 9.05 Å². The molecule has 10 aromatic rings. The molecule has 0 spiro atoms. The molecular formula is C65H62F5Na2O16P5S2. The van der Waals surface area contributed by atoms with Crippen LogP contribution in [0.1, 0.15) is 64.3 Å². The molecule has 0 aliphatic carbocycles. The summed E-state index contributed by atoms with van der Waals surface area (Å²) in [5.74, 6) is 0.189. The van der Waals surface area contributed by atoms with Crippen LogP contribution in [-0.4, -0.2) is 51.9 Å². The van der Waals surface area contributed by atoms with E-state index in [0.29, 0.717) is 36.9 Å². The Morgan fingerprint density at radius 2 is 0.905 bits per heavy atom. The topological polar surface area (TPSA) is 215 Å². The number of fused-ring (bicyclic) bond motifs is 7. The van der Waals surface area contributed by atoms with Crippen molar-refractivity contribution in [1.29, 1.82) is 0 Å². The van der Waals surface area contributed by atoms with Gasteiger partial charge in [0.15, 0.2) is 5.60 Å². The normalized spacial score (nSPS) is 18.8. The van der Waals surface area contributed by atoms with Crippen molar-refractivity contribution in [2.75, 3.05) is 19.8 Å². The van der Waals surface area contributed by atoms with Crippen molar-refractivity contribution in [2.24, 2.45) is 16.7 Å². The standard InChI is InChI=1S/C20H12FO2P.C20H16FO2P.C12H10FO8PS2.C8H16FO2P.C5H10FO2P.2Na/c21-24-22-17-11-9-13-5-1-3-7-15(13)19(17)20-16-8-4-2-6-14(16)10-12-18(20)23-24;21-24-22-19(16-10-4-1-5-11-16)20(23-24,17-12-6-2-7-13-17)18-14-8-3-9-15-18;13-22(20-9-1-5-11(6-2-9)23(14,15)16)21-10-3-7-12(8-4-10)24(17,18)19;1-6(2)7-8(3,4)5-10-12(9)11-7;1-5(2)3-7-9(6)8-4-5;;/h1-12H;1-15,19H;1-8H,(H,14,15,16)(H,17,18,19);6-7H,5H2,1-4H3;3-4H2,1-2H3;;/q;;;;;2*+1/p-2. The maximum Gasteiger partial charge on any atom is 1.00 e. The first kappa shape index (κ1) is 78.3. The molecule has 0 saturated carbocycles. The van der Waals surface area contributed by atoms with Crippen LogP contribution in [0.4, 0.5) is 21.0 Å². The molecule has 3 aliphatic rings. The Kier molecular flexibility index (Phi) is 28.7. The maximum atomic E-state index is 14.3. The molecule has 4 heterocycles. The van der Waals surface area contributed by atoms with E-state index in [1.807, 2.05) is 205 Å². The van der Waals surface area contributed by atoms with E-state index in [4.69, 9.17) is 35.5 Å². The van der Waals surface area contributed by atoms with Crippen molar-refractivity contribution in [3.05, 3.63) is 229 Å². The van der Waals surface area contributed by atoms with Crippen molar-refractivity contribution in [2.45, 2.75) is 69.1 Å². The van der Waals surface area contributed by atoms with E-state index < -0.39 is 84.8 Å². The quantitative estimate of drug-likeness (QED) is 0.0538. The minimum absolute atomic E-state index is 0. The average molecular weight is 1460 g/mol. The zero-order valence-electron chi connectivity index (χ0n) is 52.5. The molecule has 0 radical (unpaired) electrons. The van der Waals surface area contributed by atoms with E-state index in [2.05, 4.69) is 9.05 Å². The summed E-state index contributed by atoms with van der Waals surface area (Å²) in [5, 5.41) is 6.01. The van der Waals surface area contributed by atoms with Crippen molar-refractivity contribution in [1.82, 2.24) is 0 Å². The van der Waals surface area contributed by atoms with Gasteiger partial charge in [0.05, 0.1) is 35.7 Å². The number of rotatable bonds is 10. The zero-order chi connectivity index (χ0) is 66.7. The molecule has 3 saturated heterocycles. The van der Waals surface area contributed by atoms with E-state index in [9.17, 15) is 46.9 Å². The second kappa shape index (κ2) is 34.8. The molecule has 4 atom stereocenters. The Balaban J connectivity index is 0.000000174. The van der Waals surface area contributed by atoms with Gasteiger partial charge < -0.3 is 44.6 Å². The predicted molar refractivity (Wildman–Crippen MR) is 350 cm³/mol. The van der Waals surface area contributed by atoms with Crippen LogP contribution in [0.3, 0.4) is 0 Å². The number of benzene rings is 9. The van der Waals surface area contributed by atoms with Crippen LogP contribution in [-0.2, 0) is 53.0 Å². The second-order valence-corrected chi connectivity index (χ2v) is 29.8. The maximum absolute atomic E-state index is 14.3. The fraction of sp³-hybridized carbons (Fsp3) is 0.231. The fourth-order valence-corrected chi connectivity index (χ4v) is 15.6. The van der Waals surface area contributed by atoms with Gasteiger partial charge in [-0.05, 0) is 105 Å². The van der Waals surface area contributed by atoms with Crippen LogP contribution in [0.15, 0.2) is 231 Å². The van der Waals surface area contributed by atoms with Crippen LogP contribution in [0, 0.1) is 16.7 Å². The first-order chi connectivity index (χ1) is 44.2. The van der Waals surface area contributed by atoms with E-state index in [-0.39, 0.29) is 87.5 Å². The Labute approximate surface area is 598 Å². The summed E-state index contributed by atoms with van der Waals surface area (Å²) in [6.45, 7) is 13.5. The second-order valence-electron chi connectivity index (χ2n) is 22.8. The summed E-state index contributed by atoms with van der Waals surface area (Å²) in [5.41, 5.74) is 2.64. The number of hydrogen-bond acceptors (Lipinski definition) is 16. The summed E-state index contributed by atoms with van der Waals surface area (Å²) in [6, 6.07) is 60.9. The molecule has 1 aromatic heterocycles. The molecule has 3 fully saturated rings. The van der Waals surface area contributed by atoms with Crippen LogP contribution in [0.25, 0.3) is 43.5 Å².